The van der Waals surface area contributed by atoms with E-state index < -0.39 is 10.2 Å². The highest BCUT2D eigenvalue weighted by Crippen LogP contribution is 2.25. The van der Waals surface area contributed by atoms with Gasteiger partial charge in [0.05, 0.1) is 0 Å². The molecule has 0 atom stereocenters. The van der Waals surface area contributed by atoms with Gasteiger partial charge in [-0.2, -0.15) is 17.0 Å². The van der Waals surface area contributed by atoms with Crippen molar-refractivity contribution in [2.75, 3.05) is 33.2 Å². The van der Waals surface area contributed by atoms with Crippen LogP contribution >= 0.6 is 11.6 Å². The summed E-state index contributed by atoms with van der Waals surface area (Å²) < 4.78 is 29.4. The molecule has 1 aliphatic carbocycles. The van der Waals surface area contributed by atoms with E-state index in [9.17, 15) is 8.42 Å². The predicted molar refractivity (Wildman–Crippen MR) is 106 cm³/mol. The number of hydrogen-bond donors (Lipinski definition) is 0. The Balaban J connectivity index is 1.59. The Bertz CT molecular complexity index is 675. The molecular weight excluding hydrogens is 370 g/mol. The largest absolute Gasteiger partial charge is 0.298 e. The van der Waals surface area contributed by atoms with Gasteiger partial charge in [0.2, 0.25) is 0 Å². The molecule has 0 unspecified atom stereocenters. The van der Waals surface area contributed by atoms with Crippen LogP contribution in [-0.4, -0.2) is 61.2 Å². The Hall–Kier alpha value is -0.660. The monoisotopic (exact) mass is 399 g/mol. The fourth-order valence-electron chi connectivity index (χ4n) is 4.00. The summed E-state index contributed by atoms with van der Waals surface area (Å²) in [6.45, 7) is 3.69. The Morgan fingerprint density at radius 2 is 1.69 bits per heavy atom. The maximum absolute atomic E-state index is 13.1. The summed E-state index contributed by atoms with van der Waals surface area (Å²) in [5, 5.41) is 0.743. The Morgan fingerprint density at radius 1 is 1.00 bits per heavy atom. The number of hydrogen-bond acceptors (Lipinski definition) is 3. The Morgan fingerprint density at radius 3 is 2.38 bits per heavy atom. The molecule has 26 heavy (non-hydrogen) atoms. The minimum absolute atomic E-state index is 0.169. The van der Waals surface area contributed by atoms with Gasteiger partial charge in [0.25, 0.3) is 10.2 Å². The summed E-state index contributed by atoms with van der Waals surface area (Å²) in [6.07, 6.45) is 6.36. The molecule has 1 saturated heterocycles. The first kappa shape index (κ1) is 20.1. The molecule has 0 amide bonds. The molecule has 5 nitrogen and oxygen atoms in total. The Kier molecular flexibility index (Phi) is 6.97. The van der Waals surface area contributed by atoms with Crippen molar-refractivity contribution in [3.8, 4) is 0 Å². The summed E-state index contributed by atoms with van der Waals surface area (Å²) in [5.74, 6) is 0. The summed E-state index contributed by atoms with van der Waals surface area (Å²) in [7, 11) is -1.60. The molecule has 1 aromatic carbocycles. The molecule has 3 rings (SSSR count). The topological polar surface area (TPSA) is 43.9 Å². The van der Waals surface area contributed by atoms with Gasteiger partial charge >= 0.3 is 0 Å². The Labute approximate surface area is 163 Å². The number of benzene rings is 1. The number of nitrogens with zero attached hydrogens (tertiary/aromatic N) is 3. The summed E-state index contributed by atoms with van der Waals surface area (Å²) in [4.78, 5) is 2.33. The molecule has 0 N–H and O–H groups in total. The standard InChI is InChI=1S/C19H30ClN3O2S/c1-21(19-6-3-2-4-7-19)26(24,25)23-13-5-12-22(14-15-23)16-17-8-10-18(20)11-9-17/h8-11,19H,2-7,12-16H2,1H3. The van der Waals surface area contributed by atoms with Crippen LogP contribution in [0, 0.1) is 0 Å². The van der Waals surface area contributed by atoms with E-state index in [1.165, 1.54) is 12.0 Å². The maximum Gasteiger partial charge on any atom is 0.282 e. The highest BCUT2D eigenvalue weighted by Gasteiger charge is 2.33. The van der Waals surface area contributed by atoms with E-state index in [0.717, 1.165) is 56.8 Å². The third kappa shape index (κ3) is 4.98. The van der Waals surface area contributed by atoms with Gasteiger partial charge in [0.1, 0.15) is 0 Å². The third-order valence-corrected chi connectivity index (χ3v) is 7.94. The highest BCUT2D eigenvalue weighted by molar-refractivity contribution is 7.86. The van der Waals surface area contributed by atoms with Gasteiger partial charge in [0, 0.05) is 44.3 Å². The van der Waals surface area contributed by atoms with Gasteiger partial charge in [-0.05, 0) is 43.5 Å². The first-order valence-corrected chi connectivity index (χ1v) is 11.4. The van der Waals surface area contributed by atoms with Gasteiger partial charge in [-0.25, -0.2) is 0 Å². The molecular formula is C19H30ClN3O2S. The first-order chi connectivity index (χ1) is 12.5. The normalized spacial score (nSPS) is 21.8. The van der Waals surface area contributed by atoms with E-state index in [2.05, 4.69) is 4.90 Å². The second-order valence-corrected chi connectivity index (χ2v) is 9.90. The SMILES string of the molecule is CN(C1CCCCC1)S(=O)(=O)N1CCCN(Cc2ccc(Cl)cc2)CC1. The molecule has 1 aliphatic heterocycles. The van der Waals surface area contributed by atoms with E-state index in [-0.39, 0.29) is 6.04 Å². The zero-order valence-corrected chi connectivity index (χ0v) is 17.2. The van der Waals surface area contributed by atoms with Crippen LogP contribution in [0.15, 0.2) is 24.3 Å². The average molecular weight is 400 g/mol. The van der Waals surface area contributed by atoms with Crippen LogP contribution in [0.25, 0.3) is 0 Å². The van der Waals surface area contributed by atoms with Gasteiger partial charge in [-0.1, -0.05) is 43.0 Å². The molecule has 1 aromatic rings. The van der Waals surface area contributed by atoms with E-state index >= 15 is 0 Å². The molecule has 146 valence electrons. The van der Waals surface area contributed by atoms with Crippen LogP contribution in [0.2, 0.25) is 5.02 Å². The zero-order chi connectivity index (χ0) is 18.6. The van der Waals surface area contributed by atoms with Crippen LogP contribution in [0.4, 0.5) is 0 Å². The summed E-state index contributed by atoms with van der Waals surface area (Å²) >= 11 is 5.95. The summed E-state index contributed by atoms with van der Waals surface area (Å²) in [6, 6.07) is 8.06. The molecule has 2 aliphatic rings. The van der Waals surface area contributed by atoms with Gasteiger partial charge in [0.15, 0.2) is 0 Å². The lowest BCUT2D eigenvalue weighted by Gasteiger charge is -2.34. The van der Waals surface area contributed by atoms with Crippen molar-refractivity contribution in [3.05, 3.63) is 34.9 Å². The number of halogens is 1. The van der Waals surface area contributed by atoms with Gasteiger partial charge in [-0.15, -0.1) is 0 Å². The fraction of sp³-hybridized carbons (Fsp3) is 0.684. The van der Waals surface area contributed by atoms with Crippen molar-refractivity contribution in [1.29, 1.82) is 0 Å². The van der Waals surface area contributed by atoms with Crippen LogP contribution in [0.5, 0.6) is 0 Å². The van der Waals surface area contributed by atoms with Crippen molar-refractivity contribution >= 4 is 21.8 Å². The average Bonchev–Trinajstić information content (AvgIpc) is 2.90. The summed E-state index contributed by atoms with van der Waals surface area (Å²) in [5.41, 5.74) is 1.21. The second-order valence-electron chi connectivity index (χ2n) is 7.47. The van der Waals surface area contributed by atoms with Gasteiger partial charge < -0.3 is 0 Å². The van der Waals surface area contributed by atoms with Crippen molar-refractivity contribution in [2.45, 2.75) is 51.1 Å². The van der Waals surface area contributed by atoms with E-state index in [0.29, 0.717) is 13.1 Å². The minimum atomic E-state index is -3.36. The molecule has 1 heterocycles. The maximum atomic E-state index is 13.1. The lowest BCUT2D eigenvalue weighted by Crippen LogP contribution is -2.48. The van der Waals surface area contributed by atoms with Crippen molar-refractivity contribution < 1.29 is 8.42 Å². The lowest BCUT2D eigenvalue weighted by atomic mass is 9.96. The zero-order valence-electron chi connectivity index (χ0n) is 15.6. The molecule has 0 aromatic heterocycles. The van der Waals surface area contributed by atoms with E-state index in [1.807, 2.05) is 24.3 Å². The van der Waals surface area contributed by atoms with Crippen LogP contribution in [-0.2, 0) is 16.8 Å². The van der Waals surface area contributed by atoms with Crippen molar-refractivity contribution in [1.82, 2.24) is 13.5 Å². The predicted octanol–water partition coefficient (Wildman–Crippen LogP) is 3.36. The van der Waals surface area contributed by atoms with Crippen molar-refractivity contribution in [3.63, 3.8) is 0 Å². The quantitative estimate of drug-likeness (QED) is 0.762. The number of rotatable bonds is 5. The molecule has 0 radical (unpaired) electrons. The lowest BCUT2D eigenvalue weighted by molar-refractivity contribution is 0.257. The second kappa shape index (κ2) is 9.02. The minimum Gasteiger partial charge on any atom is -0.298 e. The van der Waals surface area contributed by atoms with Crippen LogP contribution in [0.3, 0.4) is 0 Å². The third-order valence-electron chi connectivity index (χ3n) is 5.65. The van der Waals surface area contributed by atoms with Crippen LogP contribution < -0.4 is 0 Å². The molecule has 1 saturated carbocycles. The molecule has 7 heteroatoms. The van der Waals surface area contributed by atoms with Crippen LogP contribution in [0.1, 0.15) is 44.1 Å². The van der Waals surface area contributed by atoms with Crippen molar-refractivity contribution in [2.24, 2.45) is 0 Å². The molecule has 0 bridgehead atoms. The highest BCUT2D eigenvalue weighted by atomic mass is 35.5. The first-order valence-electron chi connectivity index (χ1n) is 9.67. The van der Waals surface area contributed by atoms with Gasteiger partial charge in [-0.3, -0.25) is 4.90 Å². The fourth-order valence-corrected chi connectivity index (χ4v) is 5.75. The van der Waals surface area contributed by atoms with E-state index in [1.54, 1.807) is 15.7 Å². The van der Waals surface area contributed by atoms with E-state index in [4.69, 9.17) is 11.6 Å². The smallest absolute Gasteiger partial charge is 0.282 e. The molecule has 2 fully saturated rings. The molecule has 0 spiro atoms.